The maximum atomic E-state index is 13.0. The van der Waals surface area contributed by atoms with Crippen LogP contribution in [0.15, 0.2) is 35.4 Å². The van der Waals surface area contributed by atoms with Crippen molar-refractivity contribution in [1.29, 1.82) is 0 Å². The van der Waals surface area contributed by atoms with Crippen molar-refractivity contribution in [1.82, 2.24) is 40.1 Å². The number of nitrogens with zero attached hydrogens (tertiary/aromatic N) is 7. The number of amides is 2. The first-order valence-corrected chi connectivity index (χ1v) is 10.8. The number of nitrogens with one attached hydrogen (secondary N) is 1. The summed E-state index contributed by atoms with van der Waals surface area (Å²) < 4.78 is 7.22. The molecule has 0 radical (unpaired) electrons. The third kappa shape index (κ3) is 5.16. The molecule has 4 heterocycles. The molecule has 3 aromatic heterocycles. The Bertz CT molecular complexity index is 1050. The highest BCUT2D eigenvalue weighted by atomic mass is 16.5. The Morgan fingerprint density at radius 2 is 2.19 bits per heavy atom. The fourth-order valence-corrected chi connectivity index (χ4v) is 3.68. The van der Waals surface area contributed by atoms with Crippen LogP contribution < -0.4 is 5.32 Å². The standard InChI is InChI=1S/C21H26N8O3/c1-2-29-13-6-16(26-29)21(31)28-11-3-4-15(5-8-24-18(30)7-12-28)20-25-19(27-32-20)17-14-22-9-10-23-17/h6,9-10,13-15H,2-5,7-8,11-12H2,1H3,(H,24,30). The van der Waals surface area contributed by atoms with Gasteiger partial charge in [0.1, 0.15) is 11.4 Å². The number of hydrogen-bond donors (Lipinski definition) is 1. The Labute approximate surface area is 185 Å². The zero-order chi connectivity index (χ0) is 22.3. The third-order valence-electron chi connectivity index (χ3n) is 5.46. The average molecular weight is 438 g/mol. The molecule has 11 nitrogen and oxygen atoms in total. The van der Waals surface area contributed by atoms with Crippen LogP contribution >= 0.6 is 0 Å². The van der Waals surface area contributed by atoms with Gasteiger partial charge in [0, 0.05) is 57.1 Å². The minimum absolute atomic E-state index is 0.0393. The molecule has 168 valence electrons. The van der Waals surface area contributed by atoms with Crippen LogP contribution in [-0.2, 0) is 11.3 Å². The van der Waals surface area contributed by atoms with Gasteiger partial charge in [0.15, 0.2) is 0 Å². The smallest absolute Gasteiger partial charge is 0.274 e. The number of carbonyl (C=O) groups excluding carboxylic acids is 2. The Kier molecular flexibility index (Phi) is 6.83. The first-order chi connectivity index (χ1) is 15.6. The number of hydrogen-bond acceptors (Lipinski definition) is 8. The van der Waals surface area contributed by atoms with Gasteiger partial charge in [-0.05, 0) is 32.3 Å². The van der Waals surface area contributed by atoms with Crippen LogP contribution in [0.1, 0.15) is 54.9 Å². The van der Waals surface area contributed by atoms with Crippen LogP contribution in [0.2, 0.25) is 0 Å². The maximum Gasteiger partial charge on any atom is 0.274 e. The molecule has 32 heavy (non-hydrogen) atoms. The molecule has 4 rings (SSSR count). The summed E-state index contributed by atoms with van der Waals surface area (Å²) in [4.78, 5) is 39.7. The van der Waals surface area contributed by atoms with Crippen molar-refractivity contribution >= 4 is 11.8 Å². The number of carbonyl (C=O) groups is 2. The van der Waals surface area contributed by atoms with Crippen molar-refractivity contribution in [3.8, 4) is 11.5 Å². The van der Waals surface area contributed by atoms with Gasteiger partial charge in [0.25, 0.3) is 5.91 Å². The molecule has 2 amide bonds. The first-order valence-electron chi connectivity index (χ1n) is 10.8. The fraction of sp³-hybridized carbons (Fsp3) is 0.476. The van der Waals surface area contributed by atoms with E-state index in [4.69, 9.17) is 4.52 Å². The van der Waals surface area contributed by atoms with E-state index in [2.05, 4.69) is 30.5 Å². The van der Waals surface area contributed by atoms with Crippen LogP contribution in [-0.4, -0.2) is 66.2 Å². The quantitative estimate of drug-likeness (QED) is 0.650. The second kappa shape index (κ2) is 10.1. The molecule has 0 saturated carbocycles. The summed E-state index contributed by atoms with van der Waals surface area (Å²) in [6.45, 7) is 4.03. The van der Waals surface area contributed by atoms with Crippen molar-refractivity contribution in [2.24, 2.45) is 0 Å². The van der Waals surface area contributed by atoms with E-state index in [1.54, 1.807) is 40.4 Å². The Balaban J connectivity index is 1.46. The van der Waals surface area contributed by atoms with Crippen molar-refractivity contribution in [3.05, 3.63) is 42.4 Å². The van der Waals surface area contributed by atoms with Crippen molar-refractivity contribution < 1.29 is 14.1 Å². The zero-order valence-corrected chi connectivity index (χ0v) is 18.0. The van der Waals surface area contributed by atoms with E-state index < -0.39 is 0 Å². The minimum Gasteiger partial charge on any atom is -0.356 e. The summed E-state index contributed by atoms with van der Waals surface area (Å²) in [6, 6.07) is 1.71. The Hall–Kier alpha value is -3.63. The van der Waals surface area contributed by atoms with Gasteiger partial charge in [0.05, 0.1) is 6.20 Å². The Morgan fingerprint density at radius 3 is 2.97 bits per heavy atom. The molecule has 1 unspecified atom stereocenters. The summed E-state index contributed by atoms with van der Waals surface area (Å²) in [5.74, 6) is 0.591. The lowest BCUT2D eigenvalue weighted by Crippen LogP contribution is -2.36. The normalized spacial score (nSPS) is 18.1. The summed E-state index contributed by atoms with van der Waals surface area (Å²) in [5, 5.41) is 11.3. The summed E-state index contributed by atoms with van der Waals surface area (Å²) in [5.41, 5.74) is 0.931. The lowest BCUT2D eigenvalue weighted by molar-refractivity contribution is -0.121. The highest BCUT2D eigenvalue weighted by Gasteiger charge is 2.24. The van der Waals surface area contributed by atoms with Gasteiger partial charge in [0.2, 0.25) is 17.6 Å². The SMILES string of the molecule is CCn1ccc(C(=O)N2CCCC(c3nc(-c4cnccn4)no3)CCNC(=O)CC2)n1. The second-order valence-electron chi connectivity index (χ2n) is 7.62. The molecule has 0 bridgehead atoms. The first kappa shape index (κ1) is 21.6. The zero-order valence-electron chi connectivity index (χ0n) is 18.0. The molecule has 11 heteroatoms. The lowest BCUT2D eigenvalue weighted by Gasteiger charge is -2.21. The van der Waals surface area contributed by atoms with Crippen LogP contribution in [0, 0.1) is 0 Å². The molecule has 1 atom stereocenters. The van der Waals surface area contributed by atoms with E-state index in [0.29, 0.717) is 55.7 Å². The predicted octanol–water partition coefficient (Wildman–Crippen LogP) is 1.66. The van der Waals surface area contributed by atoms with Gasteiger partial charge in [-0.2, -0.15) is 10.1 Å². The van der Waals surface area contributed by atoms with Crippen molar-refractivity contribution in [2.45, 2.75) is 45.1 Å². The monoisotopic (exact) mass is 438 g/mol. The van der Waals surface area contributed by atoms with Crippen LogP contribution in [0.5, 0.6) is 0 Å². The minimum atomic E-state index is -0.163. The maximum absolute atomic E-state index is 13.0. The number of aryl methyl sites for hydroxylation is 1. The van der Waals surface area contributed by atoms with Gasteiger partial charge >= 0.3 is 0 Å². The highest BCUT2D eigenvalue weighted by molar-refractivity contribution is 5.92. The molecule has 1 aliphatic heterocycles. The van der Waals surface area contributed by atoms with Gasteiger partial charge in [-0.1, -0.05) is 5.16 Å². The third-order valence-corrected chi connectivity index (χ3v) is 5.46. The van der Waals surface area contributed by atoms with E-state index in [-0.39, 0.29) is 24.2 Å². The number of rotatable bonds is 4. The van der Waals surface area contributed by atoms with Gasteiger partial charge in [-0.25, -0.2) is 4.98 Å². The molecule has 3 aromatic rings. The van der Waals surface area contributed by atoms with E-state index in [9.17, 15) is 9.59 Å². The topological polar surface area (TPSA) is 132 Å². The van der Waals surface area contributed by atoms with Crippen LogP contribution in [0.3, 0.4) is 0 Å². The van der Waals surface area contributed by atoms with Crippen LogP contribution in [0.4, 0.5) is 0 Å². The fourth-order valence-electron chi connectivity index (χ4n) is 3.68. The molecule has 1 aliphatic rings. The second-order valence-corrected chi connectivity index (χ2v) is 7.62. The largest absolute Gasteiger partial charge is 0.356 e. The van der Waals surface area contributed by atoms with Gasteiger partial charge < -0.3 is 14.7 Å². The summed E-state index contributed by atoms with van der Waals surface area (Å²) in [7, 11) is 0. The highest BCUT2D eigenvalue weighted by Crippen LogP contribution is 2.26. The molecule has 1 saturated heterocycles. The van der Waals surface area contributed by atoms with Gasteiger partial charge in [-0.15, -0.1) is 0 Å². The van der Waals surface area contributed by atoms with E-state index in [0.717, 1.165) is 12.8 Å². The molecular weight excluding hydrogens is 412 g/mol. The molecular formula is C21H26N8O3. The number of aromatic nitrogens is 6. The lowest BCUT2D eigenvalue weighted by atomic mass is 9.99. The summed E-state index contributed by atoms with van der Waals surface area (Å²) >= 11 is 0. The molecule has 1 N–H and O–H groups in total. The van der Waals surface area contributed by atoms with Crippen molar-refractivity contribution in [2.75, 3.05) is 19.6 Å². The predicted molar refractivity (Wildman–Crippen MR) is 113 cm³/mol. The van der Waals surface area contributed by atoms with Gasteiger partial charge in [-0.3, -0.25) is 19.3 Å². The van der Waals surface area contributed by atoms with Crippen LogP contribution in [0.25, 0.3) is 11.5 Å². The van der Waals surface area contributed by atoms with E-state index >= 15 is 0 Å². The summed E-state index contributed by atoms with van der Waals surface area (Å²) in [6.07, 6.45) is 8.92. The van der Waals surface area contributed by atoms with E-state index in [1.807, 2.05) is 6.92 Å². The van der Waals surface area contributed by atoms with E-state index in [1.165, 1.54) is 0 Å². The molecule has 0 aliphatic carbocycles. The molecule has 0 aromatic carbocycles. The van der Waals surface area contributed by atoms with Crippen molar-refractivity contribution in [3.63, 3.8) is 0 Å². The Morgan fingerprint density at radius 1 is 1.28 bits per heavy atom. The molecule has 0 spiro atoms. The average Bonchev–Trinajstić information content (AvgIpc) is 3.49. The molecule has 1 fully saturated rings.